The van der Waals surface area contributed by atoms with Gasteiger partial charge in [-0.1, -0.05) is 19.1 Å². The van der Waals surface area contributed by atoms with Gasteiger partial charge in [0.25, 0.3) is 5.91 Å². The highest BCUT2D eigenvalue weighted by molar-refractivity contribution is 5.94. The Balaban J connectivity index is 1.50. The van der Waals surface area contributed by atoms with Gasteiger partial charge in [-0.2, -0.15) is 0 Å². The highest BCUT2D eigenvalue weighted by Gasteiger charge is 2.20. The molecule has 184 valence electrons. The van der Waals surface area contributed by atoms with E-state index in [0.717, 1.165) is 36.4 Å². The predicted molar refractivity (Wildman–Crippen MR) is 133 cm³/mol. The van der Waals surface area contributed by atoms with Crippen molar-refractivity contribution in [3.63, 3.8) is 0 Å². The van der Waals surface area contributed by atoms with Crippen LogP contribution >= 0.6 is 0 Å². The fourth-order valence-electron chi connectivity index (χ4n) is 4.36. The lowest BCUT2D eigenvalue weighted by atomic mass is 10.2. The molecule has 9 nitrogen and oxygen atoms in total. The van der Waals surface area contributed by atoms with Crippen molar-refractivity contribution in [1.82, 2.24) is 19.6 Å². The lowest BCUT2D eigenvalue weighted by molar-refractivity contribution is -0.127. The molecule has 1 aliphatic heterocycles. The Hall–Kier alpha value is -3.88. The largest absolute Gasteiger partial charge is 0.497 e. The third-order valence-corrected chi connectivity index (χ3v) is 6.23. The molecule has 3 heterocycles. The van der Waals surface area contributed by atoms with E-state index in [4.69, 9.17) is 4.74 Å². The number of pyridine rings is 1. The summed E-state index contributed by atoms with van der Waals surface area (Å²) in [5.74, 6) is 1.38. The molecule has 1 aliphatic rings. The van der Waals surface area contributed by atoms with Crippen molar-refractivity contribution in [2.45, 2.75) is 39.2 Å². The van der Waals surface area contributed by atoms with Crippen LogP contribution in [0.2, 0.25) is 0 Å². The Bertz CT molecular complexity index is 1200. The Kier molecular flexibility index (Phi) is 7.64. The summed E-state index contributed by atoms with van der Waals surface area (Å²) in [6.07, 6.45) is 5.39. The van der Waals surface area contributed by atoms with E-state index in [9.17, 15) is 14.4 Å². The van der Waals surface area contributed by atoms with Crippen molar-refractivity contribution < 1.29 is 19.1 Å². The summed E-state index contributed by atoms with van der Waals surface area (Å²) in [6.45, 7) is 4.29. The molecule has 1 fully saturated rings. The van der Waals surface area contributed by atoms with Crippen molar-refractivity contribution in [2.24, 2.45) is 0 Å². The number of nitrogens with zero attached hydrogens (tertiary/aromatic N) is 4. The molecule has 0 bridgehead atoms. The number of imidazole rings is 1. The number of carbonyl (C=O) groups excluding carboxylic acids is 3. The molecule has 3 aromatic rings. The van der Waals surface area contributed by atoms with Crippen LogP contribution in [0, 0.1) is 0 Å². The number of rotatable bonds is 11. The van der Waals surface area contributed by atoms with E-state index in [1.165, 1.54) is 0 Å². The molecule has 9 heteroatoms. The number of hydrogen-bond donors (Lipinski definition) is 1. The van der Waals surface area contributed by atoms with Gasteiger partial charge in [-0.05, 0) is 49.1 Å². The number of carbonyl (C=O) groups is 3. The van der Waals surface area contributed by atoms with Crippen LogP contribution in [-0.4, -0.2) is 59.3 Å². The molecule has 0 unspecified atom stereocenters. The minimum absolute atomic E-state index is 0.190. The van der Waals surface area contributed by atoms with Gasteiger partial charge in [-0.15, -0.1) is 0 Å². The standard InChI is InChI=1S/C26H31N5O4/c1-3-22-26(30(18-32)16-19-7-10-21(35-2)11-8-19)31-17-20(9-12-23(31)28-22)25(34)27-13-5-15-29-14-4-6-24(29)33/h7-12,17-18H,3-6,13-16H2,1-2H3,(H,27,34). The number of amides is 3. The maximum atomic E-state index is 12.8. The Morgan fingerprint density at radius 1 is 1.23 bits per heavy atom. The Morgan fingerprint density at radius 2 is 2.03 bits per heavy atom. The number of aromatic nitrogens is 2. The minimum Gasteiger partial charge on any atom is -0.497 e. The molecule has 0 radical (unpaired) electrons. The van der Waals surface area contributed by atoms with E-state index in [0.29, 0.717) is 55.9 Å². The van der Waals surface area contributed by atoms with Crippen LogP contribution in [0.1, 0.15) is 47.8 Å². The fourth-order valence-corrected chi connectivity index (χ4v) is 4.36. The summed E-state index contributed by atoms with van der Waals surface area (Å²) < 4.78 is 7.02. The number of benzene rings is 1. The molecule has 1 aromatic carbocycles. The molecule has 0 spiro atoms. The van der Waals surface area contributed by atoms with Crippen molar-refractivity contribution in [3.8, 4) is 5.75 Å². The van der Waals surface area contributed by atoms with E-state index >= 15 is 0 Å². The van der Waals surface area contributed by atoms with Gasteiger partial charge in [-0.3, -0.25) is 23.7 Å². The second kappa shape index (κ2) is 11.0. The number of hydrogen-bond acceptors (Lipinski definition) is 5. The Labute approximate surface area is 204 Å². The van der Waals surface area contributed by atoms with Crippen LogP contribution in [0.4, 0.5) is 5.82 Å². The highest BCUT2D eigenvalue weighted by atomic mass is 16.5. The van der Waals surface area contributed by atoms with E-state index in [-0.39, 0.29) is 11.8 Å². The van der Waals surface area contributed by atoms with Crippen molar-refractivity contribution in [1.29, 1.82) is 0 Å². The number of methoxy groups -OCH3 is 1. The van der Waals surface area contributed by atoms with Gasteiger partial charge in [0.15, 0.2) is 0 Å². The number of anilines is 1. The third kappa shape index (κ3) is 5.45. The minimum atomic E-state index is -0.204. The monoisotopic (exact) mass is 477 g/mol. The van der Waals surface area contributed by atoms with E-state index in [1.54, 1.807) is 34.7 Å². The first-order valence-electron chi connectivity index (χ1n) is 12.0. The molecule has 4 rings (SSSR count). The summed E-state index contributed by atoms with van der Waals surface area (Å²) in [4.78, 5) is 44.8. The molecule has 0 atom stereocenters. The maximum Gasteiger partial charge on any atom is 0.252 e. The van der Waals surface area contributed by atoms with Crippen LogP contribution in [-0.2, 0) is 22.6 Å². The SMILES string of the molecule is CCc1nc2ccc(C(=O)NCCCN3CCCC3=O)cn2c1N(C=O)Cc1ccc(OC)cc1. The first-order chi connectivity index (χ1) is 17.0. The maximum absolute atomic E-state index is 12.8. The quantitative estimate of drug-likeness (QED) is 0.338. The topological polar surface area (TPSA) is 96.3 Å². The van der Waals surface area contributed by atoms with Crippen LogP contribution in [0.5, 0.6) is 5.75 Å². The van der Waals surface area contributed by atoms with Crippen LogP contribution in [0.15, 0.2) is 42.6 Å². The predicted octanol–water partition coefficient (Wildman–Crippen LogP) is 2.81. The molecular weight excluding hydrogens is 446 g/mol. The zero-order valence-electron chi connectivity index (χ0n) is 20.2. The third-order valence-electron chi connectivity index (χ3n) is 6.23. The number of ether oxygens (including phenoxy) is 1. The van der Waals surface area contributed by atoms with Crippen LogP contribution < -0.4 is 15.0 Å². The van der Waals surface area contributed by atoms with Gasteiger partial charge in [0.1, 0.15) is 17.2 Å². The molecule has 2 aromatic heterocycles. The van der Waals surface area contributed by atoms with Crippen molar-refractivity contribution in [3.05, 3.63) is 59.4 Å². The average Bonchev–Trinajstić information content (AvgIpc) is 3.47. The van der Waals surface area contributed by atoms with Crippen LogP contribution in [0.3, 0.4) is 0 Å². The summed E-state index contributed by atoms with van der Waals surface area (Å²) in [7, 11) is 1.61. The van der Waals surface area contributed by atoms with Crippen molar-refractivity contribution in [2.75, 3.05) is 31.6 Å². The molecule has 35 heavy (non-hydrogen) atoms. The number of aryl methyl sites for hydroxylation is 1. The first kappa shape index (κ1) is 24.3. The molecule has 1 N–H and O–H groups in total. The molecule has 0 aliphatic carbocycles. The molecule has 3 amide bonds. The van der Waals surface area contributed by atoms with Crippen molar-refractivity contribution >= 4 is 29.7 Å². The summed E-state index contributed by atoms with van der Waals surface area (Å²) in [6, 6.07) is 11.1. The zero-order chi connectivity index (χ0) is 24.8. The normalized spacial score (nSPS) is 13.3. The molecule has 1 saturated heterocycles. The van der Waals surface area contributed by atoms with Crippen LogP contribution in [0.25, 0.3) is 5.65 Å². The second-order valence-corrected chi connectivity index (χ2v) is 8.56. The number of likely N-dealkylation sites (tertiary alicyclic amines) is 1. The smallest absolute Gasteiger partial charge is 0.252 e. The average molecular weight is 478 g/mol. The van der Waals surface area contributed by atoms with Gasteiger partial charge in [0.2, 0.25) is 12.3 Å². The number of nitrogens with one attached hydrogen (secondary N) is 1. The lowest BCUT2D eigenvalue weighted by Gasteiger charge is -2.19. The summed E-state index contributed by atoms with van der Waals surface area (Å²) in [5.41, 5.74) is 2.87. The van der Waals surface area contributed by atoms with E-state index in [2.05, 4.69) is 10.3 Å². The molecule has 0 saturated carbocycles. The van der Waals surface area contributed by atoms with Gasteiger partial charge in [-0.25, -0.2) is 4.98 Å². The van der Waals surface area contributed by atoms with Gasteiger partial charge in [0, 0.05) is 32.3 Å². The van der Waals surface area contributed by atoms with Gasteiger partial charge in [0.05, 0.1) is 24.9 Å². The van der Waals surface area contributed by atoms with E-state index in [1.807, 2.05) is 36.1 Å². The summed E-state index contributed by atoms with van der Waals surface area (Å²) >= 11 is 0. The summed E-state index contributed by atoms with van der Waals surface area (Å²) in [5, 5.41) is 2.93. The first-order valence-corrected chi connectivity index (χ1v) is 12.0. The van der Waals surface area contributed by atoms with E-state index < -0.39 is 0 Å². The lowest BCUT2D eigenvalue weighted by Crippen LogP contribution is -2.30. The number of fused-ring (bicyclic) bond motifs is 1. The highest BCUT2D eigenvalue weighted by Crippen LogP contribution is 2.25. The fraction of sp³-hybridized carbons (Fsp3) is 0.385. The van der Waals surface area contributed by atoms with Gasteiger partial charge < -0.3 is 15.0 Å². The molecular formula is C26H31N5O4. The van der Waals surface area contributed by atoms with Gasteiger partial charge >= 0.3 is 0 Å². The Morgan fingerprint density at radius 3 is 2.69 bits per heavy atom. The second-order valence-electron chi connectivity index (χ2n) is 8.56. The zero-order valence-corrected chi connectivity index (χ0v) is 20.2.